The van der Waals surface area contributed by atoms with Crippen molar-refractivity contribution in [1.82, 2.24) is 4.90 Å². The van der Waals surface area contributed by atoms with Crippen molar-refractivity contribution in [3.05, 3.63) is 34.1 Å². The van der Waals surface area contributed by atoms with Gasteiger partial charge in [-0.3, -0.25) is 0 Å². The molecule has 0 bridgehead atoms. The van der Waals surface area contributed by atoms with Gasteiger partial charge in [-0.25, -0.2) is 4.39 Å². The Morgan fingerprint density at radius 1 is 0.963 bits per heavy atom. The third-order valence-corrected chi connectivity index (χ3v) is 7.59. The van der Waals surface area contributed by atoms with Crippen LogP contribution >= 0.6 is 15.9 Å². The van der Waals surface area contributed by atoms with Crippen molar-refractivity contribution in [3.8, 4) is 0 Å². The molecule has 1 N–H and O–H groups in total. The van der Waals surface area contributed by atoms with Crippen molar-refractivity contribution in [2.45, 2.75) is 64.2 Å². The van der Waals surface area contributed by atoms with E-state index in [0.29, 0.717) is 12.5 Å². The molecule has 3 rings (SSSR count). The van der Waals surface area contributed by atoms with Gasteiger partial charge in [0.25, 0.3) is 0 Å². The molecular formula is C23H35BrFNO. The molecule has 152 valence electrons. The molecule has 0 spiro atoms. The zero-order valence-electron chi connectivity index (χ0n) is 16.5. The fourth-order valence-corrected chi connectivity index (χ4v) is 5.43. The van der Waals surface area contributed by atoms with Gasteiger partial charge in [0.1, 0.15) is 5.82 Å². The summed E-state index contributed by atoms with van der Waals surface area (Å²) in [6, 6.07) is 5.04. The van der Waals surface area contributed by atoms with Crippen LogP contribution in [0.15, 0.2) is 22.7 Å². The summed E-state index contributed by atoms with van der Waals surface area (Å²) in [4.78, 5) is 2.63. The lowest BCUT2D eigenvalue weighted by atomic mass is 9.79. The molecule has 2 fully saturated rings. The van der Waals surface area contributed by atoms with Crippen LogP contribution in [0, 0.1) is 23.6 Å². The topological polar surface area (TPSA) is 23.5 Å². The summed E-state index contributed by atoms with van der Waals surface area (Å²) < 4.78 is 14.5. The zero-order chi connectivity index (χ0) is 19.1. The third kappa shape index (κ3) is 6.83. The van der Waals surface area contributed by atoms with Crippen molar-refractivity contribution in [3.63, 3.8) is 0 Å². The lowest BCUT2D eigenvalue weighted by Crippen LogP contribution is -2.35. The van der Waals surface area contributed by atoms with E-state index in [1.165, 1.54) is 77.1 Å². The largest absolute Gasteiger partial charge is 0.396 e. The van der Waals surface area contributed by atoms with E-state index in [1.54, 1.807) is 6.07 Å². The summed E-state index contributed by atoms with van der Waals surface area (Å²) in [7, 11) is 0. The normalized spacial score (nSPS) is 25.0. The average Bonchev–Trinajstić information content (AvgIpc) is 2.68. The molecule has 1 aromatic rings. The van der Waals surface area contributed by atoms with Gasteiger partial charge in [0, 0.05) is 11.1 Å². The van der Waals surface area contributed by atoms with Crippen LogP contribution in [-0.4, -0.2) is 36.2 Å². The first kappa shape index (κ1) is 21.3. The van der Waals surface area contributed by atoms with Gasteiger partial charge in [0.15, 0.2) is 0 Å². The van der Waals surface area contributed by atoms with Gasteiger partial charge >= 0.3 is 0 Å². The van der Waals surface area contributed by atoms with E-state index in [9.17, 15) is 4.39 Å². The standard InChI is InChI=1S/C23H35BrFNO/c24-23-8-7-22(25)17-21(23)16-20-9-13-26(14-10-20)12-1-2-18-3-5-19(6-4-18)11-15-27/h7-8,17-20,27H,1-6,9-16H2. The Hall–Kier alpha value is -0.450. The molecule has 0 amide bonds. The van der Waals surface area contributed by atoms with Crippen LogP contribution in [0.5, 0.6) is 0 Å². The number of aliphatic hydroxyl groups is 1. The molecular weight excluding hydrogens is 405 g/mol. The highest BCUT2D eigenvalue weighted by molar-refractivity contribution is 9.10. The Labute approximate surface area is 172 Å². The molecule has 2 aliphatic rings. The molecule has 0 radical (unpaired) electrons. The number of hydrogen-bond donors (Lipinski definition) is 1. The van der Waals surface area contributed by atoms with Crippen molar-refractivity contribution in [1.29, 1.82) is 0 Å². The van der Waals surface area contributed by atoms with E-state index in [0.717, 1.165) is 34.7 Å². The van der Waals surface area contributed by atoms with Gasteiger partial charge in [-0.05, 0) is 99.7 Å². The third-order valence-electron chi connectivity index (χ3n) is 6.81. The zero-order valence-corrected chi connectivity index (χ0v) is 18.1. The molecule has 27 heavy (non-hydrogen) atoms. The molecule has 1 saturated carbocycles. The molecule has 4 heteroatoms. The second-order valence-electron chi connectivity index (χ2n) is 8.77. The average molecular weight is 440 g/mol. The van der Waals surface area contributed by atoms with Crippen LogP contribution in [0.2, 0.25) is 0 Å². The highest BCUT2D eigenvalue weighted by Crippen LogP contribution is 2.33. The highest BCUT2D eigenvalue weighted by atomic mass is 79.9. The summed E-state index contributed by atoms with van der Waals surface area (Å²) >= 11 is 3.56. The van der Waals surface area contributed by atoms with Crippen LogP contribution in [-0.2, 0) is 6.42 Å². The van der Waals surface area contributed by atoms with Crippen molar-refractivity contribution < 1.29 is 9.50 Å². The predicted molar refractivity (Wildman–Crippen MR) is 113 cm³/mol. The minimum Gasteiger partial charge on any atom is -0.396 e. The van der Waals surface area contributed by atoms with E-state index in [4.69, 9.17) is 5.11 Å². The summed E-state index contributed by atoms with van der Waals surface area (Å²) in [6.45, 7) is 4.00. The fourth-order valence-electron chi connectivity index (χ4n) is 5.02. The molecule has 0 atom stereocenters. The van der Waals surface area contributed by atoms with E-state index >= 15 is 0 Å². The summed E-state index contributed by atoms with van der Waals surface area (Å²) in [5.41, 5.74) is 1.12. The van der Waals surface area contributed by atoms with Crippen molar-refractivity contribution in [2.24, 2.45) is 17.8 Å². The van der Waals surface area contributed by atoms with Gasteiger partial charge in [-0.1, -0.05) is 41.6 Å². The number of nitrogens with zero attached hydrogens (tertiary/aromatic N) is 1. The number of hydrogen-bond acceptors (Lipinski definition) is 2. The lowest BCUT2D eigenvalue weighted by molar-refractivity contribution is 0.168. The first-order valence-electron chi connectivity index (χ1n) is 10.9. The Kier molecular flexibility index (Phi) is 8.60. The van der Waals surface area contributed by atoms with Gasteiger partial charge in [-0.2, -0.15) is 0 Å². The summed E-state index contributed by atoms with van der Waals surface area (Å²) in [6.07, 6.45) is 12.6. The van der Waals surface area contributed by atoms with Crippen LogP contribution in [0.3, 0.4) is 0 Å². The second kappa shape index (κ2) is 10.9. The summed E-state index contributed by atoms with van der Waals surface area (Å²) in [5.74, 6) is 2.25. The Morgan fingerprint density at radius 3 is 2.30 bits per heavy atom. The Balaban J connectivity index is 1.30. The maximum Gasteiger partial charge on any atom is 0.123 e. The molecule has 1 aromatic carbocycles. The lowest BCUT2D eigenvalue weighted by Gasteiger charge is -2.33. The minimum absolute atomic E-state index is 0.129. The Bertz CT molecular complexity index is 565. The van der Waals surface area contributed by atoms with Gasteiger partial charge in [-0.15, -0.1) is 0 Å². The number of likely N-dealkylation sites (tertiary alicyclic amines) is 1. The van der Waals surface area contributed by atoms with Gasteiger partial charge in [0.2, 0.25) is 0 Å². The van der Waals surface area contributed by atoms with Crippen LogP contribution in [0.4, 0.5) is 4.39 Å². The fraction of sp³-hybridized carbons (Fsp3) is 0.739. The highest BCUT2D eigenvalue weighted by Gasteiger charge is 2.22. The number of benzene rings is 1. The van der Waals surface area contributed by atoms with E-state index in [2.05, 4.69) is 20.8 Å². The maximum absolute atomic E-state index is 13.5. The molecule has 1 aliphatic heterocycles. The van der Waals surface area contributed by atoms with E-state index < -0.39 is 0 Å². The minimum atomic E-state index is -0.129. The van der Waals surface area contributed by atoms with Crippen molar-refractivity contribution >= 4 is 15.9 Å². The van der Waals surface area contributed by atoms with Crippen LogP contribution in [0.25, 0.3) is 0 Å². The second-order valence-corrected chi connectivity index (χ2v) is 9.62. The van der Waals surface area contributed by atoms with E-state index in [1.807, 2.05) is 6.07 Å². The number of halogens is 2. The molecule has 1 heterocycles. The molecule has 1 aliphatic carbocycles. The van der Waals surface area contributed by atoms with Crippen molar-refractivity contribution in [2.75, 3.05) is 26.2 Å². The Morgan fingerprint density at radius 2 is 1.63 bits per heavy atom. The molecule has 2 nitrogen and oxygen atoms in total. The van der Waals surface area contributed by atoms with Crippen LogP contribution in [0.1, 0.15) is 63.4 Å². The van der Waals surface area contributed by atoms with E-state index in [-0.39, 0.29) is 5.82 Å². The maximum atomic E-state index is 13.5. The first-order valence-corrected chi connectivity index (χ1v) is 11.7. The molecule has 1 saturated heterocycles. The van der Waals surface area contributed by atoms with Crippen LogP contribution < -0.4 is 0 Å². The molecule has 0 aromatic heterocycles. The number of piperidine rings is 1. The van der Waals surface area contributed by atoms with Gasteiger partial charge in [0.05, 0.1) is 0 Å². The SMILES string of the molecule is OCCC1CCC(CCCN2CCC(Cc3cc(F)ccc3Br)CC2)CC1. The monoisotopic (exact) mass is 439 g/mol. The van der Waals surface area contributed by atoms with Gasteiger partial charge < -0.3 is 10.0 Å². The summed E-state index contributed by atoms with van der Waals surface area (Å²) in [5, 5.41) is 9.07. The molecule has 0 unspecified atom stereocenters. The number of rotatable bonds is 8. The quantitative estimate of drug-likeness (QED) is 0.551. The predicted octanol–water partition coefficient (Wildman–Crippen LogP) is 5.81. The smallest absolute Gasteiger partial charge is 0.123 e. The first-order chi connectivity index (χ1) is 13.1. The number of aliphatic hydroxyl groups excluding tert-OH is 1.